The lowest BCUT2D eigenvalue weighted by Gasteiger charge is -2.08. The molecule has 0 saturated carbocycles. The van der Waals surface area contributed by atoms with Crippen molar-refractivity contribution in [3.8, 4) is 11.3 Å². The van der Waals surface area contributed by atoms with Crippen molar-refractivity contribution in [2.24, 2.45) is 16.5 Å². The van der Waals surface area contributed by atoms with Gasteiger partial charge in [-0.3, -0.25) is 4.79 Å². The summed E-state index contributed by atoms with van der Waals surface area (Å²) in [6.07, 6.45) is 2.85. The molecule has 0 bridgehead atoms. The molecule has 0 fully saturated rings. The summed E-state index contributed by atoms with van der Waals surface area (Å²) >= 11 is 0. The van der Waals surface area contributed by atoms with Crippen LogP contribution in [0.25, 0.3) is 22.0 Å². The van der Waals surface area contributed by atoms with Gasteiger partial charge in [-0.05, 0) is 30.7 Å². The van der Waals surface area contributed by atoms with E-state index >= 15 is 0 Å². The van der Waals surface area contributed by atoms with Gasteiger partial charge in [0.05, 0.1) is 5.69 Å². The number of ketones is 1. The number of carbonyl (C=O) groups is 1. The molecule has 0 radical (unpaired) electrons. The molecule has 4 N–H and O–H groups in total. The van der Waals surface area contributed by atoms with E-state index in [1.54, 1.807) is 19.1 Å². The van der Waals surface area contributed by atoms with Crippen LogP contribution in [0.4, 0.5) is 5.82 Å². The molecule has 0 unspecified atom stereocenters. The lowest BCUT2D eigenvalue weighted by Crippen LogP contribution is -2.07. The lowest BCUT2D eigenvalue weighted by atomic mass is 10.0. The van der Waals surface area contributed by atoms with Crippen molar-refractivity contribution in [3.05, 3.63) is 72.4 Å². The van der Waals surface area contributed by atoms with E-state index in [9.17, 15) is 4.79 Å². The highest BCUT2D eigenvalue weighted by molar-refractivity contribution is 5.99. The minimum Gasteiger partial charge on any atom is -0.404 e. The summed E-state index contributed by atoms with van der Waals surface area (Å²) in [6.45, 7) is 1.55. The quantitative estimate of drug-likeness (QED) is 0.434. The van der Waals surface area contributed by atoms with Gasteiger partial charge >= 0.3 is 0 Å². The van der Waals surface area contributed by atoms with Gasteiger partial charge in [-0.2, -0.15) is 0 Å². The molecule has 25 heavy (non-hydrogen) atoms. The van der Waals surface area contributed by atoms with Gasteiger partial charge in [0.2, 0.25) is 0 Å². The highest BCUT2D eigenvalue weighted by atomic mass is 16.1. The summed E-state index contributed by atoms with van der Waals surface area (Å²) in [5.74, 6) is 0.812. The Balaban J connectivity index is 2.18. The van der Waals surface area contributed by atoms with Crippen LogP contribution < -0.4 is 11.5 Å². The first-order valence-electron chi connectivity index (χ1n) is 7.82. The van der Waals surface area contributed by atoms with E-state index in [-0.39, 0.29) is 11.6 Å². The van der Waals surface area contributed by atoms with Crippen LogP contribution in [-0.4, -0.2) is 16.6 Å². The molecule has 0 aliphatic rings. The molecule has 0 saturated heterocycles. The number of aliphatic imine (C=N–C) groups is 1. The first-order valence-corrected chi connectivity index (χ1v) is 7.82. The van der Waals surface area contributed by atoms with E-state index in [4.69, 9.17) is 11.5 Å². The summed E-state index contributed by atoms with van der Waals surface area (Å²) in [6, 6.07) is 17.2. The number of aromatic nitrogens is 1. The Morgan fingerprint density at radius 2 is 1.84 bits per heavy atom. The summed E-state index contributed by atoms with van der Waals surface area (Å²) in [5.41, 5.74) is 13.5. The number of benzene rings is 2. The minimum absolute atomic E-state index is 0.0315. The molecule has 1 heterocycles. The van der Waals surface area contributed by atoms with Crippen LogP contribution in [-0.2, 0) is 0 Å². The molecule has 3 aromatic rings. The fraction of sp³-hybridized carbons (Fsp3) is 0.0500. The van der Waals surface area contributed by atoms with Gasteiger partial charge in [-0.25, -0.2) is 9.98 Å². The molecule has 5 heteroatoms. The second-order valence-corrected chi connectivity index (χ2v) is 5.58. The average Bonchev–Trinajstić information content (AvgIpc) is 2.61. The third kappa shape index (κ3) is 3.55. The molecule has 1 aromatic heterocycles. The topological polar surface area (TPSA) is 94.4 Å². The molecule has 3 rings (SSSR count). The number of hydrogen-bond acceptors (Lipinski definition) is 4. The van der Waals surface area contributed by atoms with Gasteiger partial charge in [0, 0.05) is 16.5 Å². The van der Waals surface area contributed by atoms with Crippen LogP contribution >= 0.6 is 0 Å². The molecular formula is C20H18N4O. The number of pyridine rings is 1. The Morgan fingerprint density at radius 3 is 2.52 bits per heavy atom. The van der Waals surface area contributed by atoms with Gasteiger partial charge in [0.1, 0.15) is 5.84 Å². The zero-order chi connectivity index (χ0) is 17.8. The zero-order valence-corrected chi connectivity index (χ0v) is 13.8. The van der Waals surface area contributed by atoms with Gasteiger partial charge in [-0.1, -0.05) is 48.5 Å². The van der Waals surface area contributed by atoms with E-state index in [1.165, 1.54) is 12.3 Å². The summed E-state index contributed by atoms with van der Waals surface area (Å²) in [7, 11) is 0. The third-order valence-corrected chi connectivity index (χ3v) is 3.80. The Bertz CT molecular complexity index is 988. The van der Waals surface area contributed by atoms with Crippen LogP contribution in [0.15, 0.2) is 71.9 Å². The highest BCUT2D eigenvalue weighted by Crippen LogP contribution is 2.30. The van der Waals surface area contributed by atoms with Gasteiger partial charge < -0.3 is 11.5 Å². The summed E-state index contributed by atoms with van der Waals surface area (Å²) < 4.78 is 0. The molecule has 0 atom stereocenters. The number of nitrogens with zero attached hydrogens (tertiary/aromatic N) is 2. The van der Waals surface area contributed by atoms with Crippen LogP contribution in [0, 0.1) is 0 Å². The lowest BCUT2D eigenvalue weighted by molar-refractivity contribution is 0.101. The molecule has 0 amide bonds. The van der Waals surface area contributed by atoms with Crippen molar-refractivity contribution in [2.45, 2.75) is 6.92 Å². The Kier molecular flexibility index (Phi) is 4.57. The molecule has 0 aliphatic carbocycles. The largest absolute Gasteiger partial charge is 0.404 e. The maximum Gasteiger partial charge on any atom is 0.159 e. The molecular weight excluding hydrogens is 312 g/mol. The summed E-state index contributed by atoms with van der Waals surface area (Å²) in [5, 5.41) is 2.01. The highest BCUT2D eigenvalue weighted by Gasteiger charge is 2.09. The second-order valence-electron chi connectivity index (χ2n) is 5.58. The van der Waals surface area contributed by atoms with E-state index < -0.39 is 0 Å². The van der Waals surface area contributed by atoms with E-state index in [0.29, 0.717) is 11.4 Å². The Hall–Kier alpha value is -3.47. The van der Waals surface area contributed by atoms with Crippen molar-refractivity contribution in [3.63, 3.8) is 0 Å². The smallest absolute Gasteiger partial charge is 0.159 e. The van der Waals surface area contributed by atoms with E-state index in [0.717, 1.165) is 22.0 Å². The van der Waals surface area contributed by atoms with Crippen LogP contribution in [0.2, 0.25) is 0 Å². The standard InChI is InChI=1S/C20H18N4O/c1-13(25)14-6-8-15(9-7-14)20-17-5-3-2-4-16(17)12-19(24-20)23-18(22)10-11-21/h2-12H,21H2,1H3,(H2,22,23,24)/b11-10-. The minimum atomic E-state index is 0.0315. The van der Waals surface area contributed by atoms with Crippen LogP contribution in [0.3, 0.4) is 0 Å². The number of nitrogens with two attached hydrogens (primary N) is 2. The second kappa shape index (κ2) is 6.97. The normalized spacial score (nSPS) is 12.0. The predicted molar refractivity (Wildman–Crippen MR) is 102 cm³/mol. The Labute approximate surface area is 145 Å². The van der Waals surface area contributed by atoms with E-state index in [1.807, 2.05) is 42.5 Å². The summed E-state index contributed by atoms with van der Waals surface area (Å²) in [4.78, 5) is 20.4. The molecule has 5 nitrogen and oxygen atoms in total. The maximum absolute atomic E-state index is 11.5. The fourth-order valence-electron chi connectivity index (χ4n) is 2.59. The van der Waals surface area contributed by atoms with Crippen molar-refractivity contribution in [2.75, 3.05) is 0 Å². The number of carbonyl (C=O) groups excluding carboxylic acids is 1. The zero-order valence-electron chi connectivity index (χ0n) is 13.8. The van der Waals surface area contributed by atoms with Crippen molar-refractivity contribution >= 4 is 28.2 Å². The number of hydrogen-bond donors (Lipinski definition) is 2. The van der Waals surface area contributed by atoms with Gasteiger partial charge in [0.15, 0.2) is 11.6 Å². The number of amidine groups is 1. The van der Waals surface area contributed by atoms with Gasteiger partial charge in [0.25, 0.3) is 0 Å². The fourth-order valence-corrected chi connectivity index (χ4v) is 2.59. The number of fused-ring (bicyclic) bond motifs is 1. The van der Waals surface area contributed by atoms with Crippen molar-refractivity contribution in [1.29, 1.82) is 0 Å². The van der Waals surface area contributed by atoms with Crippen LogP contribution in [0.1, 0.15) is 17.3 Å². The van der Waals surface area contributed by atoms with Crippen LogP contribution in [0.5, 0.6) is 0 Å². The van der Waals surface area contributed by atoms with Crippen molar-refractivity contribution < 1.29 is 4.79 Å². The monoisotopic (exact) mass is 330 g/mol. The molecule has 2 aromatic carbocycles. The van der Waals surface area contributed by atoms with E-state index in [2.05, 4.69) is 9.98 Å². The number of rotatable bonds is 4. The Morgan fingerprint density at radius 1 is 1.12 bits per heavy atom. The molecule has 0 aliphatic heterocycles. The first-order chi connectivity index (χ1) is 12.1. The average molecular weight is 330 g/mol. The SMILES string of the molecule is CC(=O)c1ccc(-c2nc(/N=C(N)\C=C/N)cc3ccccc23)cc1. The number of Topliss-reactive ketones (excluding diaryl/α,β-unsaturated/α-hetero) is 1. The first kappa shape index (κ1) is 16.4. The van der Waals surface area contributed by atoms with Gasteiger partial charge in [-0.15, -0.1) is 0 Å². The van der Waals surface area contributed by atoms with Crippen molar-refractivity contribution in [1.82, 2.24) is 4.98 Å². The maximum atomic E-state index is 11.5. The third-order valence-electron chi connectivity index (χ3n) is 3.80. The molecule has 0 spiro atoms. The molecule has 124 valence electrons. The predicted octanol–water partition coefficient (Wildman–Crippen LogP) is 3.57.